The van der Waals surface area contributed by atoms with Gasteiger partial charge in [0.1, 0.15) is 17.3 Å². The van der Waals surface area contributed by atoms with E-state index in [1.807, 2.05) is 6.92 Å². The van der Waals surface area contributed by atoms with Gasteiger partial charge in [-0.25, -0.2) is 8.78 Å². The molecule has 0 amide bonds. The number of anilines is 1. The molecule has 0 spiro atoms. The third-order valence-corrected chi connectivity index (χ3v) is 4.16. The Morgan fingerprint density at radius 1 is 1.33 bits per heavy atom. The van der Waals surface area contributed by atoms with Crippen LogP contribution in [0.5, 0.6) is 0 Å². The van der Waals surface area contributed by atoms with Gasteiger partial charge in [-0.3, -0.25) is 0 Å². The number of hydrogen-bond acceptors (Lipinski definition) is 3. The maximum Gasteiger partial charge on any atom is 0.149 e. The summed E-state index contributed by atoms with van der Waals surface area (Å²) in [5.41, 5.74) is 0.702. The summed E-state index contributed by atoms with van der Waals surface area (Å²) in [6.45, 7) is 6.49. The van der Waals surface area contributed by atoms with E-state index in [4.69, 9.17) is 4.74 Å². The van der Waals surface area contributed by atoms with Gasteiger partial charge in [-0.05, 0) is 36.6 Å². The average molecular weight is 298 g/mol. The van der Waals surface area contributed by atoms with E-state index in [1.165, 1.54) is 12.1 Å². The van der Waals surface area contributed by atoms with Gasteiger partial charge in [-0.2, -0.15) is 0 Å². The first-order valence-electron chi connectivity index (χ1n) is 7.53. The highest BCUT2D eigenvalue weighted by molar-refractivity contribution is 5.51. The van der Waals surface area contributed by atoms with Crippen LogP contribution in [0, 0.1) is 17.6 Å². The van der Waals surface area contributed by atoms with Crippen LogP contribution < -0.4 is 10.2 Å². The summed E-state index contributed by atoms with van der Waals surface area (Å²) in [6.07, 6.45) is 0.885. The number of halogens is 2. The third kappa shape index (κ3) is 3.71. The zero-order valence-electron chi connectivity index (χ0n) is 13.0. The molecule has 0 aromatic heterocycles. The first-order chi connectivity index (χ1) is 10.1. The summed E-state index contributed by atoms with van der Waals surface area (Å²) in [5.74, 6) is -0.579. The van der Waals surface area contributed by atoms with E-state index in [2.05, 4.69) is 12.2 Å². The van der Waals surface area contributed by atoms with Crippen molar-refractivity contribution in [1.29, 1.82) is 0 Å². The van der Waals surface area contributed by atoms with Crippen molar-refractivity contribution in [3.05, 3.63) is 29.3 Å². The van der Waals surface area contributed by atoms with Gasteiger partial charge in [0, 0.05) is 26.7 Å². The van der Waals surface area contributed by atoms with Gasteiger partial charge in [-0.1, -0.05) is 13.8 Å². The monoisotopic (exact) mass is 298 g/mol. The van der Waals surface area contributed by atoms with Gasteiger partial charge in [-0.15, -0.1) is 0 Å². The fraction of sp³-hybridized carbons (Fsp3) is 0.625. The molecule has 1 heterocycles. The van der Waals surface area contributed by atoms with Crippen molar-refractivity contribution < 1.29 is 13.5 Å². The highest BCUT2D eigenvalue weighted by atomic mass is 19.1. The Morgan fingerprint density at radius 2 is 2.00 bits per heavy atom. The summed E-state index contributed by atoms with van der Waals surface area (Å²) >= 11 is 0. The molecular formula is C16H24F2N2O. The molecule has 1 N–H and O–H groups in total. The van der Waals surface area contributed by atoms with Gasteiger partial charge >= 0.3 is 0 Å². The second-order valence-corrected chi connectivity index (χ2v) is 5.67. The summed E-state index contributed by atoms with van der Waals surface area (Å²) in [6, 6.07) is 2.84. The Kier molecular flexibility index (Phi) is 5.53. The van der Waals surface area contributed by atoms with E-state index in [9.17, 15) is 8.78 Å². The molecule has 118 valence electrons. The minimum Gasteiger partial charge on any atom is -0.379 e. The molecule has 5 heteroatoms. The van der Waals surface area contributed by atoms with E-state index in [0.29, 0.717) is 31.1 Å². The van der Waals surface area contributed by atoms with Crippen molar-refractivity contribution in [2.75, 3.05) is 31.6 Å². The number of hydrogen-bond donors (Lipinski definition) is 1. The van der Waals surface area contributed by atoms with Crippen molar-refractivity contribution in [1.82, 2.24) is 5.32 Å². The molecule has 2 unspecified atom stereocenters. The third-order valence-electron chi connectivity index (χ3n) is 4.16. The Balaban J connectivity index is 2.19. The lowest BCUT2D eigenvalue weighted by Crippen LogP contribution is -2.44. The molecular weight excluding hydrogens is 274 g/mol. The van der Waals surface area contributed by atoms with Crippen molar-refractivity contribution >= 4 is 5.69 Å². The number of benzene rings is 1. The molecule has 0 bridgehead atoms. The Morgan fingerprint density at radius 3 is 2.57 bits per heavy atom. The molecule has 0 aliphatic carbocycles. The average Bonchev–Trinajstić information content (AvgIpc) is 2.46. The second-order valence-electron chi connectivity index (χ2n) is 5.67. The molecule has 1 aliphatic rings. The molecule has 2 rings (SSSR count). The van der Waals surface area contributed by atoms with Gasteiger partial charge in [0.05, 0.1) is 6.10 Å². The van der Waals surface area contributed by atoms with E-state index in [-0.39, 0.29) is 11.8 Å². The number of ether oxygens (including phenoxy) is 1. The molecule has 3 nitrogen and oxygen atoms in total. The highest BCUT2D eigenvalue weighted by Gasteiger charge is 2.29. The molecule has 0 radical (unpaired) electrons. The molecule has 1 aromatic rings. The van der Waals surface area contributed by atoms with Gasteiger partial charge < -0.3 is 15.0 Å². The van der Waals surface area contributed by atoms with Crippen LogP contribution in [0.4, 0.5) is 14.5 Å². The summed E-state index contributed by atoms with van der Waals surface area (Å²) in [4.78, 5) is 1.76. The lowest BCUT2D eigenvalue weighted by Gasteiger charge is -2.37. The predicted octanol–water partition coefficient (Wildman–Crippen LogP) is 2.94. The van der Waals surface area contributed by atoms with Crippen molar-refractivity contribution in [2.45, 2.75) is 32.9 Å². The van der Waals surface area contributed by atoms with Crippen LogP contribution >= 0.6 is 0 Å². The fourth-order valence-corrected chi connectivity index (χ4v) is 2.84. The molecule has 1 aromatic carbocycles. The van der Waals surface area contributed by atoms with Crippen LogP contribution in [-0.4, -0.2) is 32.8 Å². The topological polar surface area (TPSA) is 24.5 Å². The van der Waals surface area contributed by atoms with Crippen LogP contribution in [0.2, 0.25) is 0 Å². The Labute approximate surface area is 125 Å². The quantitative estimate of drug-likeness (QED) is 0.904. The van der Waals surface area contributed by atoms with Crippen LogP contribution in [0.25, 0.3) is 0 Å². The van der Waals surface area contributed by atoms with Crippen LogP contribution in [0.3, 0.4) is 0 Å². The number of piperidine rings is 1. The number of nitrogens with zero attached hydrogens (tertiary/aromatic N) is 1. The first-order valence-corrected chi connectivity index (χ1v) is 7.53. The molecule has 1 fully saturated rings. The molecule has 1 aliphatic heterocycles. The van der Waals surface area contributed by atoms with Crippen LogP contribution in [0.1, 0.15) is 25.8 Å². The minimum atomic E-state index is -0.493. The van der Waals surface area contributed by atoms with E-state index in [0.717, 1.165) is 13.0 Å². The van der Waals surface area contributed by atoms with E-state index in [1.54, 1.807) is 12.0 Å². The zero-order chi connectivity index (χ0) is 15.4. The molecule has 0 saturated carbocycles. The van der Waals surface area contributed by atoms with Gasteiger partial charge in [0.2, 0.25) is 0 Å². The van der Waals surface area contributed by atoms with Gasteiger partial charge in [0.15, 0.2) is 0 Å². The fourth-order valence-electron chi connectivity index (χ4n) is 2.84. The lowest BCUT2D eigenvalue weighted by atomic mass is 9.95. The number of rotatable bonds is 5. The van der Waals surface area contributed by atoms with E-state index < -0.39 is 11.6 Å². The smallest absolute Gasteiger partial charge is 0.149 e. The summed E-state index contributed by atoms with van der Waals surface area (Å²) in [5, 5.41) is 3.07. The number of nitrogens with one attached hydrogen (secondary N) is 1. The molecule has 2 atom stereocenters. The van der Waals surface area contributed by atoms with Crippen molar-refractivity contribution in [2.24, 2.45) is 5.92 Å². The molecule has 21 heavy (non-hydrogen) atoms. The zero-order valence-corrected chi connectivity index (χ0v) is 13.0. The Hall–Kier alpha value is -1.20. The lowest BCUT2D eigenvalue weighted by molar-refractivity contribution is 0.0495. The van der Waals surface area contributed by atoms with E-state index >= 15 is 0 Å². The first kappa shape index (κ1) is 16.2. The molecule has 1 saturated heterocycles. The number of methoxy groups -OCH3 is 1. The van der Waals surface area contributed by atoms with Crippen LogP contribution in [0.15, 0.2) is 12.1 Å². The Bertz CT molecular complexity index is 458. The second kappa shape index (κ2) is 7.18. The maximum atomic E-state index is 14.3. The summed E-state index contributed by atoms with van der Waals surface area (Å²) in [7, 11) is 1.65. The maximum absolute atomic E-state index is 14.3. The normalized spacial score (nSPS) is 22.6. The van der Waals surface area contributed by atoms with Gasteiger partial charge in [0.25, 0.3) is 0 Å². The van der Waals surface area contributed by atoms with Crippen molar-refractivity contribution in [3.63, 3.8) is 0 Å². The largest absolute Gasteiger partial charge is 0.379 e. The minimum absolute atomic E-state index is 0.0129. The van der Waals surface area contributed by atoms with Crippen molar-refractivity contribution in [3.8, 4) is 0 Å². The SMILES string of the molecule is CCNCc1cc(F)c(N2CCC(C)C(OC)C2)c(F)c1. The van der Waals surface area contributed by atoms with Crippen LogP contribution in [-0.2, 0) is 11.3 Å². The predicted molar refractivity (Wildman–Crippen MR) is 80.5 cm³/mol. The standard InChI is InChI=1S/C16H24F2N2O/c1-4-19-9-12-7-13(17)16(14(18)8-12)20-6-5-11(2)15(10-20)21-3/h7-8,11,15,19H,4-6,9-10H2,1-3H3. The summed E-state index contributed by atoms with van der Waals surface area (Å²) < 4.78 is 34.0. The highest BCUT2D eigenvalue weighted by Crippen LogP contribution is 2.30.